The number of nitrogens with zero attached hydrogens (tertiary/aromatic N) is 1. The van der Waals surface area contributed by atoms with Gasteiger partial charge in [0.15, 0.2) is 0 Å². The predicted octanol–water partition coefficient (Wildman–Crippen LogP) is 3.21. The number of hydrogen-bond acceptors (Lipinski definition) is 3. The molecule has 1 aromatic heterocycles. The molecule has 106 valence electrons. The Kier molecular flexibility index (Phi) is 4.69. The second-order valence-electron chi connectivity index (χ2n) is 5.59. The summed E-state index contributed by atoms with van der Waals surface area (Å²) in [4.78, 5) is 4.50. The number of alkyl halides is 1. The van der Waals surface area contributed by atoms with Crippen molar-refractivity contribution in [3.05, 3.63) is 23.0 Å². The maximum Gasteiger partial charge on any atom is 0.128 e. The summed E-state index contributed by atoms with van der Waals surface area (Å²) < 4.78 is 5.43. The molecule has 1 aliphatic carbocycles. The van der Waals surface area contributed by atoms with Crippen LogP contribution in [-0.4, -0.2) is 24.5 Å². The maximum absolute atomic E-state index is 5.85. The Morgan fingerprint density at radius 3 is 2.74 bits per heavy atom. The molecule has 4 heteroatoms. The van der Waals surface area contributed by atoms with E-state index in [-0.39, 0.29) is 0 Å². The molecule has 0 atom stereocenters. The second kappa shape index (κ2) is 6.10. The van der Waals surface area contributed by atoms with Crippen LogP contribution in [0.4, 0.5) is 0 Å². The molecule has 1 N–H and O–H groups in total. The first kappa shape index (κ1) is 14.6. The van der Waals surface area contributed by atoms with Crippen molar-refractivity contribution in [2.24, 2.45) is 5.41 Å². The molecule has 0 unspecified atom stereocenters. The molecule has 1 aliphatic rings. The smallest absolute Gasteiger partial charge is 0.128 e. The number of halogens is 1. The summed E-state index contributed by atoms with van der Waals surface area (Å²) in [6, 6.07) is 0. The summed E-state index contributed by atoms with van der Waals surface area (Å²) in [6.07, 6.45) is 5.60. The predicted molar refractivity (Wildman–Crippen MR) is 79.0 cm³/mol. The lowest BCUT2D eigenvalue weighted by Crippen LogP contribution is -2.25. The van der Waals surface area contributed by atoms with E-state index in [0.29, 0.717) is 5.41 Å². The van der Waals surface area contributed by atoms with Crippen LogP contribution in [-0.2, 0) is 6.54 Å². The van der Waals surface area contributed by atoms with E-state index in [4.69, 9.17) is 16.3 Å². The van der Waals surface area contributed by atoms with E-state index in [2.05, 4.69) is 17.2 Å². The van der Waals surface area contributed by atoms with E-state index in [9.17, 15) is 0 Å². The normalized spacial score (nSPS) is 16.4. The van der Waals surface area contributed by atoms with Crippen LogP contribution in [0.2, 0.25) is 0 Å². The molecule has 0 aromatic carbocycles. The maximum atomic E-state index is 5.85. The van der Waals surface area contributed by atoms with Gasteiger partial charge in [0.05, 0.1) is 12.8 Å². The highest BCUT2D eigenvalue weighted by Crippen LogP contribution is 2.48. The number of pyridine rings is 1. The van der Waals surface area contributed by atoms with Crippen LogP contribution >= 0.6 is 11.6 Å². The lowest BCUT2D eigenvalue weighted by atomic mass is 10.0. The monoisotopic (exact) mass is 282 g/mol. The molecule has 0 radical (unpaired) electrons. The van der Waals surface area contributed by atoms with Crippen molar-refractivity contribution in [1.29, 1.82) is 0 Å². The number of rotatable bonds is 7. The first-order chi connectivity index (χ1) is 9.12. The van der Waals surface area contributed by atoms with Crippen LogP contribution in [0, 0.1) is 19.3 Å². The number of methoxy groups -OCH3 is 1. The van der Waals surface area contributed by atoms with E-state index >= 15 is 0 Å². The number of hydrogen-bond donors (Lipinski definition) is 1. The molecule has 1 saturated carbocycles. The summed E-state index contributed by atoms with van der Waals surface area (Å²) in [5.74, 6) is 1.71. The van der Waals surface area contributed by atoms with Gasteiger partial charge in [0.2, 0.25) is 0 Å². The van der Waals surface area contributed by atoms with Crippen molar-refractivity contribution in [3.8, 4) is 5.75 Å². The van der Waals surface area contributed by atoms with Crippen molar-refractivity contribution in [2.75, 3.05) is 19.5 Å². The van der Waals surface area contributed by atoms with Crippen LogP contribution in [0.3, 0.4) is 0 Å². The van der Waals surface area contributed by atoms with Gasteiger partial charge in [-0.2, -0.15) is 0 Å². The molecule has 1 heterocycles. The van der Waals surface area contributed by atoms with Crippen LogP contribution in [0.15, 0.2) is 6.20 Å². The van der Waals surface area contributed by atoms with Crippen molar-refractivity contribution >= 4 is 11.6 Å². The zero-order valence-corrected chi connectivity index (χ0v) is 12.8. The minimum absolute atomic E-state index is 0.463. The van der Waals surface area contributed by atoms with Gasteiger partial charge in [0.1, 0.15) is 5.75 Å². The lowest BCUT2D eigenvalue weighted by Gasteiger charge is -2.16. The minimum Gasteiger partial charge on any atom is -0.496 e. The van der Waals surface area contributed by atoms with Gasteiger partial charge in [-0.1, -0.05) is 0 Å². The van der Waals surface area contributed by atoms with Crippen LogP contribution in [0.1, 0.15) is 36.1 Å². The van der Waals surface area contributed by atoms with Crippen molar-refractivity contribution in [2.45, 2.75) is 39.7 Å². The third-order valence-electron chi connectivity index (χ3n) is 4.12. The van der Waals surface area contributed by atoms with Crippen LogP contribution in [0.5, 0.6) is 5.75 Å². The fourth-order valence-corrected chi connectivity index (χ4v) is 2.99. The van der Waals surface area contributed by atoms with Crippen LogP contribution < -0.4 is 10.1 Å². The molecule has 0 saturated heterocycles. The molecule has 0 bridgehead atoms. The van der Waals surface area contributed by atoms with Gasteiger partial charge in [-0.3, -0.25) is 4.98 Å². The molecule has 1 aromatic rings. The Morgan fingerprint density at radius 1 is 1.42 bits per heavy atom. The average molecular weight is 283 g/mol. The first-order valence-corrected chi connectivity index (χ1v) is 7.41. The van der Waals surface area contributed by atoms with Gasteiger partial charge in [0.25, 0.3) is 0 Å². The van der Waals surface area contributed by atoms with E-state index in [0.717, 1.165) is 48.0 Å². The lowest BCUT2D eigenvalue weighted by molar-refractivity contribution is 0.405. The average Bonchev–Trinajstić information content (AvgIpc) is 3.13. The number of nitrogens with one attached hydrogen (secondary N) is 1. The third kappa shape index (κ3) is 3.40. The molecule has 0 amide bonds. The quantitative estimate of drug-likeness (QED) is 0.780. The first-order valence-electron chi connectivity index (χ1n) is 6.87. The highest BCUT2D eigenvalue weighted by Gasteiger charge is 2.41. The molecule has 2 rings (SSSR count). The highest BCUT2D eigenvalue weighted by atomic mass is 35.5. The Hall–Kier alpha value is -0.800. The van der Waals surface area contributed by atoms with E-state index in [1.54, 1.807) is 7.11 Å². The molecule has 0 spiro atoms. The number of aryl methyl sites for hydroxylation is 1. The summed E-state index contributed by atoms with van der Waals surface area (Å²) in [7, 11) is 1.71. The van der Waals surface area contributed by atoms with Crippen molar-refractivity contribution in [3.63, 3.8) is 0 Å². The zero-order valence-electron chi connectivity index (χ0n) is 12.1. The van der Waals surface area contributed by atoms with Crippen molar-refractivity contribution < 1.29 is 4.74 Å². The molecule has 0 aliphatic heterocycles. The largest absolute Gasteiger partial charge is 0.496 e. The summed E-state index contributed by atoms with van der Waals surface area (Å²) in [6.45, 7) is 5.93. The fourth-order valence-electron chi connectivity index (χ4n) is 2.59. The van der Waals surface area contributed by atoms with E-state index in [1.807, 2.05) is 13.1 Å². The Bertz CT molecular complexity index is 444. The fraction of sp³-hybridized carbons (Fsp3) is 0.667. The van der Waals surface area contributed by atoms with Gasteiger partial charge >= 0.3 is 0 Å². The van der Waals surface area contributed by atoms with Crippen molar-refractivity contribution in [1.82, 2.24) is 10.3 Å². The second-order valence-corrected chi connectivity index (χ2v) is 5.97. The van der Waals surface area contributed by atoms with Crippen LogP contribution in [0.25, 0.3) is 0 Å². The van der Waals surface area contributed by atoms with E-state index in [1.165, 1.54) is 12.8 Å². The van der Waals surface area contributed by atoms with Gasteiger partial charge in [-0.15, -0.1) is 11.6 Å². The summed E-state index contributed by atoms with van der Waals surface area (Å²) in [5, 5.41) is 3.52. The number of ether oxygens (including phenoxy) is 1. The van der Waals surface area contributed by atoms with Gasteiger partial charge in [-0.25, -0.2) is 0 Å². The van der Waals surface area contributed by atoms with Gasteiger partial charge < -0.3 is 10.1 Å². The van der Waals surface area contributed by atoms with Gasteiger partial charge in [0, 0.05) is 36.3 Å². The third-order valence-corrected chi connectivity index (χ3v) is 4.31. The Morgan fingerprint density at radius 2 is 2.16 bits per heavy atom. The highest BCUT2D eigenvalue weighted by molar-refractivity contribution is 6.17. The molecule has 19 heavy (non-hydrogen) atoms. The molecule has 1 fully saturated rings. The topological polar surface area (TPSA) is 34.1 Å². The number of aromatic nitrogens is 1. The Labute approximate surface area is 120 Å². The Balaban J connectivity index is 1.93. The minimum atomic E-state index is 0.463. The molecule has 3 nitrogen and oxygen atoms in total. The molecular formula is C15H23ClN2O. The molecular weight excluding hydrogens is 260 g/mol. The SMILES string of the molecule is COc1c(C)cnc(CNCC2(CCCl)CC2)c1C. The summed E-state index contributed by atoms with van der Waals surface area (Å²) in [5.41, 5.74) is 3.76. The standard InChI is InChI=1S/C15H23ClN2O/c1-11-8-18-13(12(2)14(11)19-3)9-17-10-15(4-5-15)6-7-16/h8,17H,4-7,9-10H2,1-3H3. The van der Waals surface area contributed by atoms with Gasteiger partial charge in [-0.05, 0) is 38.5 Å². The zero-order chi connectivity index (χ0) is 13.9. The van der Waals surface area contributed by atoms with E-state index < -0.39 is 0 Å². The summed E-state index contributed by atoms with van der Waals surface area (Å²) >= 11 is 5.85.